The number of ether oxygens (including phenoxy) is 4. The third-order valence-corrected chi connectivity index (χ3v) is 20.8. The van der Waals surface area contributed by atoms with E-state index in [0.717, 1.165) is 154 Å². The highest BCUT2D eigenvalue weighted by Gasteiger charge is 2.19. The molecule has 0 aromatic rings. The summed E-state index contributed by atoms with van der Waals surface area (Å²) in [5, 5.41) is 0. The van der Waals surface area contributed by atoms with Crippen molar-refractivity contribution in [3.05, 3.63) is 0 Å². The molecule has 2 unspecified atom stereocenters. The molecule has 0 rings (SSSR count). The van der Waals surface area contributed by atoms with Crippen LogP contribution in [0.4, 0.5) is 0 Å². The summed E-state index contributed by atoms with van der Waals surface area (Å²) < 4.78 is 24.1. The van der Waals surface area contributed by atoms with Gasteiger partial charge in [0.25, 0.3) is 0 Å². The van der Waals surface area contributed by atoms with E-state index >= 15 is 0 Å². The second-order valence-corrected chi connectivity index (χ2v) is 31.7. The fourth-order valence-electron chi connectivity index (χ4n) is 14.1. The molecule has 0 bridgehead atoms. The molecule has 0 spiro atoms. The van der Waals surface area contributed by atoms with Crippen LogP contribution in [0.1, 0.15) is 491 Å². The van der Waals surface area contributed by atoms with Crippen molar-refractivity contribution in [2.75, 3.05) is 41.3 Å². The van der Waals surface area contributed by atoms with E-state index in [4.69, 9.17) is 18.9 Å². The number of esters is 4. The molecule has 0 aromatic heterocycles. The molecule has 0 aliphatic rings. The molecule has 0 aromatic carbocycles. The molecule has 2 atom stereocenters. The number of carbonyl (C=O) groups is 4. The molecule has 0 radical (unpaired) electrons. The topological polar surface area (TPSA) is 112 Å². The van der Waals surface area contributed by atoms with Crippen LogP contribution in [0.25, 0.3) is 0 Å². The van der Waals surface area contributed by atoms with Gasteiger partial charge in [0.05, 0.1) is 0 Å². The van der Waals surface area contributed by atoms with E-state index < -0.39 is 0 Å². The molecule has 0 N–H and O–H groups in total. The minimum absolute atomic E-state index is 0.0171. The van der Waals surface area contributed by atoms with E-state index in [1.165, 1.54) is 283 Å². The average molecular weight is 1420 g/mol. The molecular weight excluding hydrogens is 1240 g/mol. The summed E-state index contributed by atoms with van der Waals surface area (Å²) in [6.45, 7) is 15.5. The predicted molar refractivity (Wildman–Crippen MR) is 434 cm³/mol. The van der Waals surface area contributed by atoms with Gasteiger partial charge in [0.2, 0.25) is 0 Å². The minimum atomic E-state index is -0.0305. The van der Waals surface area contributed by atoms with E-state index in [9.17, 15) is 19.2 Å². The largest absolute Gasteiger partial charge is 0.462 e. The SMILES string of the molecule is CCCCCCCCCCC(CCCCCCCCCC)OC(=O)CCCCCCCC(CCCCCCC)OC(=O)CCCN(C)C.CCCCCCCCCCCCC(CCCCCCCCCCCC)OC(=O)CCCCCCCC(CCCCCCC)OC(=O)CCCN(C)C. The molecule has 0 aliphatic carbocycles. The number of unbranched alkanes of at least 4 members (excludes halogenated alkanes) is 48. The molecule has 10 heteroatoms. The van der Waals surface area contributed by atoms with Crippen LogP contribution in [0, 0.1) is 0 Å². The summed E-state index contributed by atoms with van der Waals surface area (Å²) in [6.07, 6.45) is 83.4. The molecule has 100 heavy (non-hydrogen) atoms. The number of hydrogen-bond acceptors (Lipinski definition) is 10. The van der Waals surface area contributed by atoms with Crippen LogP contribution in [0.2, 0.25) is 0 Å². The third-order valence-electron chi connectivity index (χ3n) is 20.8. The summed E-state index contributed by atoms with van der Waals surface area (Å²) in [6, 6.07) is 0. The highest BCUT2D eigenvalue weighted by atomic mass is 16.6. The molecule has 596 valence electrons. The standard InChI is InChI=1S/C47H93NO4.C43H85NO4/c1-6-9-12-15-17-19-21-23-27-32-38-44(39-33-28-24-22-20-18-16-13-10-7-2)51-46(49)41-35-30-25-29-34-40-45(37-31-26-14-11-8-3)52-47(50)42-36-43-48(4)5;1-6-9-12-15-17-19-23-28-34-40(35-29-24-20-18-16-13-10-7-2)47-42(45)37-31-26-21-25-30-36-41(33-27-22-14-11-8-3)48-43(46)38-32-39-44(4)5/h44-45H,6-43H2,1-5H3;40-41H,6-39H2,1-5H3. The van der Waals surface area contributed by atoms with E-state index in [-0.39, 0.29) is 48.3 Å². The fraction of sp³-hybridized carbons (Fsp3) is 0.956. The second kappa shape index (κ2) is 82.5. The minimum Gasteiger partial charge on any atom is -0.462 e. The Bertz CT molecular complexity index is 1610. The van der Waals surface area contributed by atoms with Gasteiger partial charge < -0.3 is 28.7 Å². The maximum atomic E-state index is 12.9. The zero-order valence-corrected chi connectivity index (χ0v) is 69.4. The zero-order chi connectivity index (χ0) is 73.5. The highest BCUT2D eigenvalue weighted by Crippen LogP contribution is 2.24. The molecule has 0 heterocycles. The lowest BCUT2D eigenvalue weighted by molar-refractivity contribution is -0.151. The van der Waals surface area contributed by atoms with Crippen LogP contribution in [-0.2, 0) is 38.1 Å². The van der Waals surface area contributed by atoms with Crippen molar-refractivity contribution in [3.8, 4) is 0 Å². The van der Waals surface area contributed by atoms with E-state index in [1.54, 1.807) is 0 Å². The summed E-state index contributed by atoms with van der Waals surface area (Å²) in [5.74, 6) is -0.0208. The van der Waals surface area contributed by atoms with Gasteiger partial charge in [-0.2, -0.15) is 0 Å². The quantitative estimate of drug-likeness (QED) is 0.0331. The van der Waals surface area contributed by atoms with Crippen LogP contribution in [-0.4, -0.2) is 99.4 Å². The van der Waals surface area contributed by atoms with Gasteiger partial charge in [-0.05, 0) is 170 Å². The van der Waals surface area contributed by atoms with Gasteiger partial charge in [0, 0.05) is 25.7 Å². The first-order chi connectivity index (χ1) is 48.8. The Morgan fingerprint density at radius 1 is 0.190 bits per heavy atom. The summed E-state index contributed by atoms with van der Waals surface area (Å²) >= 11 is 0. The van der Waals surface area contributed by atoms with Gasteiger partial charge in [0.1, 0.15) is 24.4 Å². The van der Waals surface area contributed by atoms with Gasteiger partial charge in [-0.1, -0.05) is 337 Å². The molecule has 0 aliphatic heterocycles. The highest BCUT2D eigenvalue weighted by molar-refractivity contribution is 5.70. The Morgan fingerprint density at radius 3 is 0.470 bits per heavy atom. The molecule has 0 fully saturated rings. The van der Waals surface area contributed by atoms with Crippen LogP contribution in [0.5, 0.6) is 0 Å². The van der Waals surface area contributed by atoms with Crippen LogP contribution in [0.15, 0.2) is 0 Å². The van der Waals surface area contributed by atoms with Gasteiger partial charge in [-0.3, -0.25) is 19.2 Å². The predicted octanol–water partition coefficient (Wildman–Crippen LogP) is 28.2. The number of rotatable bonds is 80. The second-order valence-electron chi connectivity index (χ2n) is 31.7. The Hall–Kier alpha value is -2.20. The molecule has 0 saturated heterocycles. The Morgan fingerprint density at radius 2 is 0.320 bits per heavy atom. The van der Waals surface area contributed by atoms with Crippen LogP contribution >= 0.6 is 0 Å². The van der Waals surface area contributed by atoms with Crippen molar-refractivity contribution in [3.63, 3.8) is 0 Å². The normalized spacial score (nSPS) is 12.2. The summed E-state index contributed by atoms with van der Waals surface area (Å²) in [4.78, 5) is 54.9. The lowest BCUT2D eigenvalue weighted by atomic mass is 10.0. The van der Waals surface area contributed by atoms with Crippen molar-refractivity contribution in [1.29, 1.82) is 0 Å². The molecule has 10 nitrogen and oxygen atoms in total. The van der Waals surface area contributed by atoms with Gasteiger partial charge >= 0.3 is 23.9 Å². The van der Waals surface area contributed by atoms with Crippen molar-refractivity contribution in [2.24, 2.45) is 0 Å². The smallest absolute Gasteiger partial charge is 0.306 e. The Labute approximate surface area is 625 Å². The first kappa shape index (κ1) is 99.9. The zero-order valence-electron chi connectivity index (χ0n) is 69.4. The van der Waals surface area contributed by atoms with E-state index in [0.29, 0.717) is 25.7 Å². The molecular formula is C90H178N2O8. The summed E-state index contributed by atoms with van der Waals surface area (Å²) in [5.41, 5.74) is 0. The first-order valence-electron chi connectivity index (χ1n) is 44.9. The van der Waals surface area contributed by atoms with Gasteiger partial charge in [-0.15, -0.1) is 0 Å². The monoisotopic (exact) mass is 1420 g/mol. The first-order valence-corrected chi connectivity index (χ1v) is 44.9. The molecule has 0 amide bonds. The van der Waals surface area contributed by atoms with Crippen molar-refractivity contribution < 1.29 is 38.1 Å². The fourth-order valence-corrected chi connectivity index (χ4v) is 14.1. The van der Waals surface area contributed by atoms with Crippen molar-refractivity contribution >= 4 is 23.9 Å². The van der Waals surface area contributed by atoms with Crippen molar-refractivity contribution in [2.45, 2.75) is 515 Å². The van der Waals surface area contributed by atoms with Crippen LogP contribution in [0.3, 0.4) is 0 Å². The number of nitrogens with zero attached hydrogens (tertiary/aromatic N) is 2. The molecule has 0 saturated carbocycles. The maximum absolute atomic E-state index is 12.9. The number of carbonyl (C=O) groups excluding carboxylic acids is 4. The van der Waals surface area contributed by atoms with Gasteiger partial charge in [-0.25, -0.2) is 0 Å². The maximum Gasteiger partial charge on any atom is 0.306 e. The number of hydrogen-bond donors (Lipinski definition) is 0. The third kappa shape index (κ3) is 79.9. The van der Waals surface area contributed by atoms with E-state index in [2.05, 4.69) is 51.3 Å². The lowest BCUT2D eigenvalue weighted by Crippen LogP contribution is -2.20. The Balaban J connectivity index is 0. The van der Waals surface area contributed by atoms with Gasteiger partial charge in [0.15, 0.2) is 0 Å². The average Bonchev–Trinajstić information content (AvgIpc) is 2.04. The van der Waals surface area contributed by atoms with E-state index in [1.807, 2.05) is 28.2 Å². The Kier molecular flexibility index (Phi) is 82.3. The summed E-state index contributed by atoms with van der Waals surface area (Å²) in [7, 11) is 8.18. The van der Waals surface area contributed by atoms with Crippen molar-refractivity contribution in [1.82, 2.24) is 9.80 Å². The van der Waals surface area contributed by atoms with Crippen LogP contribution < -0.4 is 0 Å². The lowest BCUT2D eigenvalue weighted by Gasteiger charge is -2.19.